The fourth-order valence-electron chi connectivity index (χ4n) is 0.406. The molecule has 0 aliphatic carbocycles. The van der Waals surface area contributed by atoms with E-state index in [0.29, 0.717) is 4.48 Å². The van der Waals surface area contributed by atoms with Gasteiger partial charge in [-0.2, -0.15) is 0 Å². The summed E-state index contributed by atoms with van der Waals surface area (Å²) >= 11 is 0. The number of nitrogens with zero attached hydrogens (tertiary/aromatic N) is 1. The predicted molar refractivity (Wildman–Crippen MR) is 30.5 cm³/mol. The molecule has 4 heteroatoms. The second-order valence-corrected chi connectivity index (χ2v) is 2.84. The molecular weight excluding hydrogens is 170 g/mol. The van der Waals surface area contributed by atoms with Gasteiger partial charge in [0.2, 0.25) is 0 Å². The molecule has 0 atom stereocenters. The molecule has 0 saturated carbocycles. The molecule has 0 spiro atoms. The van der Waals surface area contributed by atoms with Crippen LogP contribution in [-0.4, -0.2) is 43.2 Å². The molecule has 0 aromatic heterocycles. The van der Waals surface area contributed by atoms with Crippen LogP contribution in [0.4, 0.5) is 0 Å². The summed E-state index contributed by atoms with van der Waals surface area (Å²) in [6, 6.07) is 0. The summed E-state index contributed by atoms with van der Waals surface area (Å²) in [6.45, 7) is 0.181. The van der Waals surface area contributed by atoms with Gasteiger partial charge in [0.1, 0.15) is 0 Å². The number of carboxylic acid groups (broad SMARTS) is 1. The van der Waals surface area contributed by atoms with Crippen molar-refractivity contribution in [2.45, 2.75) is 0 Å². The molecular formula is C5H12CuNO2+. The Balaban J connectivity index is 0. The minimum Gasteiger partial charge on any atom is -0.477 e. The summed E-state index contributed by atoms with van der Waals surface area (Å²) in [6.07, 6.45) is 0. The minimum atomic E-state index is -0.752. The van der Waals surface area contributed by atoms with Crippen LogP contribution < -0.4 is 0 Å². The van der Waals surface area contributed by atoms with Crippen molar-refractivity contribution in [3.8, 4) is 0 Å². The van der Waals surface area contributed by atoms with E-state index in [4.69, 9.17) is 5.11 Å². The first-order valence-corrected chi connectivity index (χ1v) is 2.44. The van der Waals surface area contributed by atoms with Gasteiger partial charge in [0.25, 0.3) is 0 Å². The zero-order valence-corrected chi connectivity index (χ0v) is 6.75. The number of likely N-dealkylation sites (N-methyl/N-ethyl adjacent to an activating group) is 1. The number of rotatable bonds is 2. The van der Waals surface area contributed by atoms with E-state index >= 15 is 0 Å². The summed E-state index contributed by atoms with van der Waals surface area (Å²) in [5, 5.41) is 8.23. The van der Waals surface area contributed by atoms with Gasteiger partial charge < -0.3 is 9.59 Å². The average Bonchev–Trinajstić information content (AvgIpc) is 1.21. The number of carbonyl (C=O) groups is 1. The first-order chi connectivity index (χ1) is 3.42. The maximum absolute atomic E-state index is 10.00. The van der Waals surface area contributed by atoms with E-state index in [-0.39, 0.29) is 23.6 Å². The van der Waals surface area contributed by atoms with Crippen LogP contribution >= 0.6 is 0 Å². The molecule has 0 saturated heterocycles. The van der Waals surface area contributed by atoms with Crippen molar-refractivity contribution in [3.63, 3.8) is 0 Å². The summed E-state index contributed by atoms with van der Waals surface area (Å²) in [5.74, 6) is -0.752. The van der Waals surface area contributed by atoms with Crippen molar-refractivity contribution in [1.29, 1.82) is 0 Å². The van der Waals surface area contributed by atoms with Gasteiger partial charge in [-0.1, -0.05) is 0 Å². The average molecular weight is 182 g/mol. The number of quaternary nitrogens is 1. The summed E-state index contributed by atoms with van der Waals surface area (Å²) in [4.78, 5) is 10.00. The van der Waals surface area contributed by atoms with E-state index in [1.807, 2.05) is 21.1 Å². The minimum absolute atomic E-state index is 0. The second-order valence-electron chi connectivity index (χ2n) is 2.84. The van der Waals surface area contributed by atoms with Gasteiger partial charge in [-0.15, -0.1) is 0 Å². The smallest absolute Gasteiger partial charge is 0.359 e. The third-order valence-corrected chi connectivity index (χ3v) is 0.610. The monoisotopic (exact) mass is 181 g/mol. The Hall–Kier alpha value is -0.0505. The summed E-state index contributed by atoms with van der Waals surface area (Å²) in [7, 11) is 5.52. The standard InChI is InChI=1S/C5H11NO2.Cu/c1-6(2,3)4-5(7)8;/h4H2,1-3H3;/p+1. The quantitative estimate of drug-likeness (QED) is 0.473. The van der Waals surface area contributed by atoms with Crippen LogP contribution in [-0.2, 0) is 21.9 Å². The molecule has 0 unspecified atom stereocenters. The zero-order chi connectivity index (χ0) is 6.78. The summed E-state index contributed by atoms with van der Waals surface area (Å²) < 4.78 is 0.481. The van der Waals surface area contributed by atoms with Gasteiger partial charge in [0.15, 0.2) is 6.54 Å². The Labute approximate surface area is 65.7 Å². The van der Waals surface area contributed by atoms with Crippen LogP contribution in [0.15, 0.2) is 0 Å². The largest absolute Gasteiger partial charge is 0.477 e. The van der Waals surface area contributed by atoms with E-state index in [1.165, 1.54) is 0 Å². The molecule has 0 amide bonds. The Kier molecular flexibility index (Phi) is 5.05. The third-order valence-electron chi connectivity index (χ3n) is 0.610. The fraction of sp³-hybridized carbons (Fsp3) is 0.800. The maximum atomic E-state index is 10.00. The number of aliphatic carboxylic acids is 1. The number of hydrogen-bond acceptors (Lipinski definition) is 1. The molecule has 0 fully saturated rings. The van der Waals surface area contributed by atoms with Crippen molar-refractivity contribution < 1.29 is 31.5 Å². The van der Waals surface area contributed by atoms with Crippen molar-refractivity contribution in [3.05, 3.63) is 0 Å². The molecule has 0 aromatic carbocycles. The Morgan fingerprint density at radius 2 is 1.78 bits per heavy atom. The molecule has 59 valence electrons. The molecule has 0 aliphatic heterocycles. The van der Waals surface area contributed by atoms with Gasteiger partial charge >= 0.3 is 5.97 Å². The first kappa shape index (κ1) is 11.7. The molecule has 0 aromatic rings. The molecule has 9 heavy (non-hydrogen) atoms. The molecule has 0 bridgehead atoms. The van der Waals surface area contributed by atoms with Gasteiger partial charge in [-0.05, 0) is 0 Å². The van der Waals surface area contributed by atoms with E-state index in [9.17, 15) is 4.79 Å². The SMILES string of the molecule is C[N+](C)(C)CC(=O)O.[Cu]. The van der Waals surface area contributed by atoms with Crippen LogP contribution in [0.25, 0.3) is 0 Å². The van der Waals surface area contributed by atoms with Crippen LogP contribution in [0.2, 0.25) is 0 Å². The van der Waals surface area contributed by atoms with Crippen LogP contribution in [0.1, 0.15) is 0 Å². The van der Waals surface area contributed by atoms with E-state index in [2.05, 4.69) is 0 Å². The van der Waals surface area contributed by atoms with Gasteiger partial charge in [0, 0.05) is 17.1 Å². The maximum Gasteiger partial charge on any atom is 0.359 e. The number of hydrogen-bond donors (Lipinski definition) is 1. The van der Waals surface area contributed by atoms with Crippen molar-refractivity contribution in [2.24, 2.45) is 0 Å². The molecule has 0 rings (SSSR count). The van der Waals surface area contributed by atoms with Crippen LogP contribution in [0, 0.1) is 0 Å². The molecule has 3 nitrogen and oxygen atoms in total. The van der Waals surface area contributed by atoms with Crippen molar-refractivity contribution in [2.75, 3.05) is 27.7 Å². The molecule has 0 aliphatic rings. The van der Waals surface area contributed by atoms with Gasteiger partial charge in [-0.3, -0.25) is 0 Å². The molecule has 1 N–H and O–H groups in total. The van der Waals surface area contributed by atoms with Gasteiger partial charge in [-0.25, -0.2) is 4.79 Å². The number of carboxylic acids is 1. The Morgan fingerprint density at radius 3 is 1.78 bits per heavy atom. The zero-order valence-electron chi connectivity index (χ0n) is 5.81. The summed E-state index contributed by atoms with van der Waals surface area (Å²) in [5.41, 5.74) is 0. The van der Waals surface area contributed by atoms with E-state index in [1.54, 1.807) is 0 Å². The predicted octanol–water partition coefficient (Wildman–Crippen LogP) is -0.225. The second kappa shape index (κ2) is 3.88. The van der Waals surface area contributed by atoms with E-state index in [0.717, 1.165) is 0 Å². The molecule has 1 radical (unpaired) electrons. The van der Waals surface area contributed by atoms with Crippen LogP contribution in [0.5, 0.6) is 0 Å². The van der Waals surface area contributed by atoms with Crippen LogP contribution in [0.3, 0.4) is 0 Å². The molecule has 0 heterocycles. The van der Waals surface area contributed by atoms with Crippen molar-refractivity contribution in [1.82, 2.24) is 0 Å². The fourth-order valence-corrected chi connectivity index (χ4v) is 0.406. The normalized spacial score (nSPS) is 10.1. The van der Waals surface area contributed by atoms with E-state index < -0.39 is 5.97 Å². The topological polar surface area (TPSA) is 37.3 Å². The Morgan fingerprint density at radius 1 is 1.44 bits per heavy atom. The van der Waals surface area contributed by atoms with Gasteiger partial charge in [0.05, 0.1) is 21.1 Å². The first-order valence-electron chi connectivity index (χ1n) is 2.44. The third kappa shape index (κ3) is 11.5. The van der Waals surface area contributed by atoms with Crippen molar-refractivity contribution >= 4 is 5.97 Å². The Bertz CT molecular complexity index is 97.6.